The topological polar surface area (TPSA) is 79.7 Å². The first kappa shape index (κ1) is 14.2. The van der Waals surface area contributed by atoms with Gasteiger partial charge < -0.3 is 14.9 Å². The summed E-state index contributed by atoms with van der Waals surface area (Å²) in [6.07, 6.45) is 0. The summed E-state index contributed by atoms with van der Waals surface area (Å²) in [5.41, 5.74) is 1.80. The summed E-state index contributed by atoms with van der Waals surface area (Å²) in [6.45, 7) is -0.426. The van der Waals surface area contributed by atoms with Crippen molar-refractivity contribution in [1.82, 2.24) is 4.98 Å². The first-order valence-electron chi connectivity index (χ1n) is 6.15. The van der Waals surface area contributed by atoms with Gasteiger partial charge in [0.1, 0.15) is 6.61 Å². The molecule has 0 saturated heterocycles. The van der Waals surface area contributed by atoms with E-state index in [-0.39, 0.29) is 25.4 Å². The molecule has 1 aromatic heterocycles. The summed E-state index contributed by atoms with van der Waals surface area (Å²) in [6, 6.07) is 12.2. The molecule has 5 nitrogen and oxygen atoms in total. The third-order valence-electron chi connectivity index (χ3n) is 2.70. The lowest BCUT2D eigenvalue weighted by molar-refractivity contribution is 0.0472. The zero-order valence-corrected chi connectivity index (χ0v) is 10.8. The van der Waals surface area contributed by atoms with E-state index >= 15 is 0 Å². The number of aliphatic hydroxyl groups is 2. The molecular weight excluding hydrogens is 258 g/mol. The van der Waals surface area contributed by atoms with Gasteiger partial charge in [0.25, 0.3) is 0 Å². The van der Waals surface area contributed by atoms with Crippen molar-refractivity contribution in [3.05, 3.63) is 65.0 Å². The fraction of sp³-hybridized carbons (Fsp3) is 0.200. The predicted octanol–water partition coefficient (Wildman–Crippen LogP) is 1.42. The van der Waals surface area contributed by atoms with Crippen molar-refractivity contribution in [3.63, 3.8) is 0 Å². The first-order valence-corrected chi connectivity index (χ1v) is 6.15. The monoisotopic (exact) mass is 273 g/mol. The number of benzene rings is 1. The van der Waals surface area contributed by atoms with E-state index in [1.807, 2.05) is 30.3 Å². The summed E-state index contributed by atoms with van der Waals surface area (Å²) in [4.78, 5) is 15.9. The Morgan fingerprint density at radius 3 is 2.20 bits per heavy atom. The molecule has 104 valence electrons. The highest BCUT2D eigenvalue weighted by atomic mass is 16.5. The minimum atomic E-state index is -0.513. The minimum absolute atomic E-state index is 0.172. The highest BCUT2D eigenvalue weighted by Crippen LogP contribution is 2.10. The number of carbonyl (C=O) groups is 1. The Morgan fingerprint density at radius 1 is 1.05 bits per heavy atom. The normalized spacial score (nSPS) is 10.3. The molecule has 0 fully saturated rings. The molecule has 2 rings (SSSR count). The Bertz CT molecular complexity index is 561. The quantitative estimate of drug-likeness (QED) is 0.805. The van der Waals surface area contributed by atoms with E-state index in [9.17, 15) is 4.79 Å². The van der Waals surface area contributed by atoms with Crippen LogP contribution < -0.4 is 0 Å². The van der Waals surface area contributed by atoms with Crippen molar-refractivity contribution >= 4 is 5.97 Å². The lowest BCUT2D eigenvalue weighted by Crippen LogP contribution is -2.08. The highest BCUT2D eigenvalue weighted by molar-refractivity contribution is 5.89. The zero-order chi connectivity index (χ0) is 14.4. The summed E-state index contributed by atoms with van der Waals surface area (Å²) in [7, 11) is 0. The van der Waals surface area contributed by atoms with Crippen molar-refractivity contribution in [1.29, 1.82) is 0 Å². The Balaban J connectivity index is 2.08. The smallest absolute Gasteiger partial charge is 0.338 e. The van der Waals surface area contributed by atoms with Crippen LogP contribution in [0.4, 0.5) is 0 Å². The van der Waals surface area contributed by atoms with Crippen LogP contribution in [0.3, 0.4) is 0 Å². The van der Waals surface area contributed by atoms with Crippen LogP contribution in [-0.4, -0.2) is 21.2 Å². The molecule has 0 unspecified atom stereocenters. The Morgan fingerprint density at radius 2 is 1.65 bits per heavy atom. The molecule has 2 aromatic rings. The highest BCUT2D eigenvalue weighted by Gasteiger charge is 2.11. The largest absolute Gasteiger partial charge is 0.457 e. The van der Waals surface area contributed by atoms with Crippen molar-refractivity contribution in [2.45, 2.75) is 19.8 Å². The number of nitrogens with zero attached hydrogens (tertiary/aromatic N) is 1. The molecule has 0 aliphatic rings. The average molecular weight is 273 g/mol. The van der Waals surface area contributed by atoms with E-state index < -0.39 is 5.97 Å². The van der Waals surface area contributed by atoms with Crippen LogP contribution in [0.1, 0.15) is 27.3 Å². The van der Waals surface area contributed by atoms with E-state index in [2.05, 4.69) is 4.98 Å². The van der Waals surface area contributed by atoms with Gasteiger partial charge in [0, 0.05) is 0 Å². The lowest BCUT2D eigenvalue weighted by atomic mass is 10.2. The SMILES string of the molecule is O=C(OCc1ccccc1)c1cc(CO)nc(CO)c1. The average Bonchev–Trinajstić information content (AvgIpc) is 2.52. The van der Waals surface area contributed by atoms with Gasteiger partial charge in [0.05, 0.1) is 30.2 Å². The molecule has 0 aliphatic heterocycles. The Hall–Kier alpha value is -2.24. The first-order chi connectivity index (χ1) is 9.72. The van der Waals surface area contributed by atoms with E-state index in [1.165, 1.54) is 12.1 Å². The molecule has 0 bridgehead atoms. The van der Waals surface area contributed by atoms with Crippen LogP contribution in [0, 0.1) is 0 Å². The number of aromatic nitrogens is 1. The fourth-order valence-corrected chi connectivity index (χ4v) is 1.74. The van der Waals surface area contributed by atoms with Crippen molar-refractivity contribution in [2.24, 2.45) is 0 Å². The summed E-state index contributed by atoms with van der Waals surface area (Å²) in [5, 5.41) is 18.2. The molecule has 1 aromatic carbocycles. The molecule has 0 amide bonds. The van der Waals surface area contributed by atoms with Gasteiger partial charge in [0.2, 0.25) is 0 Å². The number of carbonyl (C=O) groups excluding carboxylic acids is 1. The van der Waals surface area contributed by atoms with Gasteiger partial charge in [-0.1, -0.05) is 30.3 Å². The molecule has 1 heterocycles. The number of rotatable bonds is 5. The standard InChI is InChI=1S/C15H15NO4/c17-8-13-6-12(7-14(9-18)16-13)15(19)20-10-11-4-2-1-3-5-11/h1-7,17-18H,8-10H2. The Labute approximate surface area is 116 Å². The number of hydrogen-bond acceptors (Lipinski definition) is 5. The molecule has 20 heavy (non-hydrogen) atoms. The van der Waals surface area contributed by atoms with Crippen LogP contribution in [0.2, 0.25) is 0 Å². The zero-order valence-electron chi connectivity index (χ0n) is 10.8. The second-order valence-electron chi connectivity index (χ2n) is 4.22. The summed E-state index contributed by atoms with van der Waals surface area (Å²) in [5.74, 6) is -0.513. The molecule has 0 aliphatic carbocycles. The van der Waals surface area contributed by atoms with Crippen LogP contribution in [-0.2, 0) is 24.6 Å². The van der Waals surface area contributed by atoms with E-state index in [0.29, 0.717) is 11.4 Å². The molecule has 0 spiro atoms. The van der Waals surface area contributed by atoms with Gasteiger partial charge in [-0.15, -0.1) is 0 Å². The third kappa shape index (κ3) is 3.63. The molecular formula is C15H15NO4. The van der Waals surface area contributed by atoms with Crippen LogP contribution in [0.15, 0.2) is 42.5 Å². The second kappa shape index (κ2) is 6.79. The van der Waals surface area contributed by atoms with Gasteiger partial charge in [-0.3, -0.25) is 4.98 Å². The van der Waals surface area contributed by atoms with Gasteiger partial charge in [-0.05, 0) is 17.7 Å². The molecule has 5 heteroatoms. The Kier molecular flexibility index (Phi) is 4.81. The van der Waals surface area contributed by atoms with E-state index in [4.69, 9.17) is 14.9 Å². The lowest BCUT2D eigenvalue weighted by Gasteiger charge is -2.07. The molecule has 0 saturated carbocycles. The molecule has 2 N–H and O–H groups in total. The number of ether oxygens (including phenoxy) is 1. The van der Waals surface area contributed by atoms with Crippen molar-refractivity contribution in [3.8, 4) is 0 Å². The molecule has 0 radical (unpaired) electrons. The maximum atomic E-state index is 11.9. The summed E-state index contributed by atoms with van der Waals surface area (Å²) >= 11 is 0. The number of hydrogen-bond donors (Lipinski definition) is 2. The van der Waals surface area contributed by atoms with Crippen molar-refractivity contribution < 1.29 is 19.7 Å². The van der Waals surface area contributed by atoms with E-state index in [0.717, 1.165) is 5.56 Å². The predicted molar refractivity (Wildman–Crippen MR) is 71.6 cm³/mol. The number of esters is 1. The van der Waals surface area contributed by atoms with Crippen LogP contribution in [0.25, 0.3) is 0 Å². The maximum Gasteiger partial charge on any atom is 0.338 e. The number of pyridine rings is 1. The van der Waals surface area contributed by atoms with Gasteiger partial charge in [-0.25, -0.2) is 4.79 Å². The number of aliphatic hydroxyl groups excluding tert-OH is 2. The summed E-state index contributed by atoms with van der Waals surface area (Å²) < 4.78 is 5.18. The van der Waals surface area contributed by atoms with Crippen LogP contribution >= 0.6 is 0 Å². The maximum absolute atomic E-state index is 11.9. The third-order valence-corrected chi connectivity index (χ3v) is 2.70. The fourth-order valence-electron chi connectivity index (χ4n) is 1.74. The van der Waals surface area contributed by atoms with Gasteiger partial charge in [0.15, 0.2) is 0 Å². The second-order valence-corrected chi connectivity index (χ2v) is 4.22. The minimum Gasteiger partial charge on any atom is -0.457 e. The van der Waals surface area contributed by atoms with Crippen molar-refractivity contribution in [2.75, 3.05) is 0 Å². The van der Waals surface area contributed by atoms with E-state index in [1.54, 1.807) is 0 Å². The van der Waals surface area contributed by atoms with Gasteiger partial charge >= 0.3 is 5.97 Å². The van der Waals surface area contributed by atoms with Crippen LogP contribution in [0.5, 0.6) is 0 Å². The van der Waals surface area contributed by atoms with Gasteiger partial charge in [-0.2, -0.15) is 0 Å². The molecule has 0 atom stereocenters.